The molecule has 0 saturated carbocycles. The second-order valence-corrected chi connectivity index (χ2v) is 7.02. The molecule has 112 valence electrons. The van der Waals surface area contributed by atoms with E-state index in [0.29, 0.717) is 6.04 Å². The van der Waals surface area contributed by atoms with Crippen LogP contribution in [0.5, 0.6) is 0 Å². The third-order valence-corrected chi connectivity index (χ3v) is 4.89. The summed E-state index contributed by atoms with van der Waals surface area (Å²) in [6.45, 7) is 6.55. The van der Waals surface area contributed by atoms with Gasteiger partial charge in [-0.3, -0.25) is 4.90 Å². The Morgan fingerprint density at radius 1 is 1.40 bits per heavy atom. The number of hydrogen-bond donors (Lipinski definition) is 1. The SMILES string of the molecule is CC(NCC1CN(C)CCN1C)c1ccc(Br)cc1Cl. The predicted molar refractivity (Wildman–Crippen MR) is 89.5 cm³/mol. The van der Waals surface area contributed by atoms with Gasteiger partial charge in [-0.25, -0.2) is 0 Å². The number of rotatable bonds is 4. The Hall–Kier alpha value is -0.130. The summed E-state index contributed by atoms with van der Waals surface area (Å²) in [4.78, 5) is 4.83. The monoisotopic (exact) mass is 359 g/mol. The molecule has 0 aromatic heterocycles. The van der Waals surface area contributed by atoms with Crippen molar-refractivity contribution in [1.29, 1.82) is 0 Å². The first-order chi connectivity index (χ1) is 9.47. The highest BCUT2D eigenvalue weighted by Crippen LogP contribution is 2.26. The Kier molecular flexibility index (Phi) is 5.87. The maximum Gasteiger partial charge on any atom is 0.0464 e. The molecule has 1 heterocycles. The molecular weight excluding hydrogens is 338 g/mol. The Morgan fingerprint density at radius 2 is 2.15 bits per heavy atom. The van der Waals surface area contributed by atoms with Crippen molar-refractivity contribution >= 4 is 27.5 Å². The number of likely N-dealkylation sites (N-methyl/N-ethyl adjacent to an activating group) is 2. The van der Waals surface area contributed by atoms with E-state index in [2.05, 4.69) is 58.1 Å². The summed E-state index contributed by atoms with van der Waals surface area (Å²) in [7, 11) is 4.39. The molecule has 0 amide bonds. The van der Waals surface area contributed by atoms with E-state index in [1.165, 1.54) is 0 Å². The van der Waals surface area contributed by atoms with Crippen molar-refractivity contribution in [2.45, 2.75) is 19.0 Å². The second-order valence-electron chi connectivity index (χ2n) is 5.69. The number of nitrogens with one attached hydrogen (secondary N) is 1. The van der Waals surface area contributed by atoms with E-state index in [0.717, 1.165) is 41.2 Å². The lowest BCUT2D eigenvalue weighted by molar-refractivity contribution is 0.112. The Labute approximate surface area is 135 Å². The zero-order valence-corrected chi connectivity index (χ0v) is 14.7. The first-order valence-electron chi connectivity index (χ1n) is 7.04. The smallest absolute Gasteiger partial charge is 0.0464 e. The van der Waals surface area contributed by atoms with Crippen LogP contribution in [0.15, 0.2) is 22.7 Å². The van der Waals surface area contributed by atoms with Crippen molar-refractivity contribution in [3.63, 3.8) is 0 Å². The molecule has 5 heteroatoms. The highest BCUT2D eigenvalue weighted by Gasteiger charge is 2.22. The zero-order chi connectivity index (χ0) is 14.7. The summed E-state index contributed by atoms with van der Waals surface area (Å²) in [6.07, 6.45) is 0. The Bertz CT molecular complexity index is 455. The van der Waals surface area contributed by atoms with Crippen molar-refractivity contribution in [2.75, 3.05) is 40.3 Å². The molecule has 1 aromatic rings. The summed E-state index contributed by atoms with van der Waals surface area (Å²) in [5.74, 6) is 0. The Balaban J connectivity index is 1.92. The molecule has 20 heavy (non-hydrogen) atoms. The molecule has 0 spiro atoms. The van der Waals surface area contributed by atoms with Gasteiger partial charge in [0, 0.05) is 47.8 Å². The van der Waals surface area contributed by atoms with Gasteiger partial charge < -0.3 is 10.2 Å². The van der Waals surface area contributed by atoms with Crippen molar-refractivity contribution < 1.29 is 0 Å². The summed E-state index contributed by atoms with van der Waals surface area (Å²) >= 11 is 9.75. The number of hydrogen-bond acceptors (Lipinski definition) is 3. The molecule has 2 atom stereocenters. The summed E-state index contributed by atoms with van der Waals surface area (Å²) in [6, 6.07) is 6.90. The third kappa shape index (κ3) is 4.18. The van der Waals surface area contributed by atoms with E-state index in [-0.39, 0.29) is 6.04 Å². The van der Waals surface area contributed by atoms with Gasteiger partial charge in [0.25, 0.3) is 0 Å². The largest absolute Gasteiger partial charge is 0.309 e. The average molecular weight is 361 g/mol. The van der Waals surface area contributed by atoms with E-state index in [9.17, 15) is 0 Å². The fraction of sp³-hybridized carbons (Fsp3) is 0.600. The minimum absolute atomic E-state index is 0.260. The minimum Gasteiger partial charge on any atom is -0.309 e. The van der Waals surface area contributed by atoms with Gasteiger partial charge in [-0.05, 0) is 38.7 Å². The number of piperazine rings is 1. The van der Waals surface area contributed by atoms with E-state index < -0.39 is 0 Å². The van der Waals surface area contributed by atoms with Gasteiger partial charge in [-0.15, -0.1) is 0 Å². The van der Waals surface area contributed by atoms with Crippen LogP contribution >= 0.6 is 27.5 Å². The van der Waals surface area contributed by atoms with Crippen LogP contribution in [0.3, 0.4) is 0 Å². The van der Waals surface area contributed by atoms with Gasteiger partial charge in [0.2, 0.25) is 0 Å². The van der Waals surface area contributed by atoms with Gasteiger partial charge in [0.15, 0.2) is 0 Å². The number of nitrogens with zero attached hydrogens (tertiary/aromatic N) is 2. The molecule has 2 unspecified atom stereocenters. The maximum absolute atomic E-state index is 6.31. The van der Waals surface area contributed by atoms with Gasteiger partial charge >= 0.3 is 0 Å². The predicted octanol–water partition coefficient (Wildman–Crippen LogP) is 3.00. The summed E-state index contributed by atoms with van der Waals surface area (Å²) in [5, 5.41) is 4.43. The minimum atomic E-state index is 0.260. The van der Waals surface area contributed by atoms with Crippen LogP contribution in [0.1, 0.15) is 18.5 Å². The van der Waals surface area contributed by atoms with Crippen molar-refractivity contribution in [3.8, 4) is 0 Å². The molecule has 1 fully saturated rings. The second kappa shape index (κ2) is 7.23. The van der Waals surface area contributed by atoms with Crippen LogP contribution in [0, 0.1) is 0 Å². The van der Waals surface area contributed by atoms with Gasteiger partial charge in [-0.1, -0.05) is 33.6 Å². The lowest BCUT2D eigenvalue weighted by Crippen LogP contribution is -2.53. The van der Waals surface area contributed by atoms with Crippen LogP contribution in [0.25, 0.3) is 0 Å². The van der Waals surface area contributed by atoms with Crippen molar-refractivity contribution in [3.05, 3.63) is 33.3 Å². The van der Waals surface area contributed by atoms with E-state index in [1.807, 2.05) is 12.1 Å². The summed E-state index contributed by atoms with van der Waals surface area (Å²) < 4.78 is 1.02. The number of benzene rings is 1. The van der Waals surface area contributed by atoms with Crippen LogP contribution in [0.4, 0.5) is 0 Å². The molecular formula is C15H23BrClN3. The quantitative estimate of drug-likeness (QED) is 0.890. The van der Waals surface area contributed by atoms with Gasteiger partial charge in [-0.2, -0.15) is 0 Å². The van der Waals surface area contributed by atoms with Crippen molar-refractivity contribution in [2.24, 2.45) is 0 Å². The molecule has 3 nitrogen and oxygen atoms in total. The first kappa shape index (κ1) is 16.2. The molecule has 2 rings (SSSR count). The lowest BCUT2D eigenvalue weighted by atomic mass is 10.1. The lowest BCUT2D eigenvalue weighted by Gasteiger charge is -2.38. The molecule has 0 bridgehead atoms. The van der Waals surface area contributed by atoms with E-state index in [1.54, 1.807) is 0 Å². The van der Waals surface area contributed by atoms with Crippen LogP contribution in [-0.2, 0) is 0 Å². The highest BCUT2D eigenvalue weighted by molar-refractivity contribution is 9.10. The molecule has 0 radical (unpaired) electrons. The first-order valence-corrected chi connectivity index (χ1v) is 8.21. The maximum atomic E-state index is 6.31. The average Bonchev–Trinajstić information content (AvgIpc) is 2.39. The number of halogens is 2. The summed E-state index contributed by atoms with van der Waals surface area (Å²) in [5.41, 5.74) is 1.15. The zero-order valence-electron chi connectivity index (χ0n) is 12.4. The fourth-order valence-electron chi connectivity index (χ4n) is 2.60. The van der Waals surface area contributed by atoms with Crippen molar-refractivity contribution in [1.82, 2.24) is 15.1 Å². The third-order valence-electron chi connectivity index (χ3n) is 4.07. The van der Waals surface area contributed by atoms with Gasteiger partial charge in [0.1, 0.15) is 0 Å². The Morgan fingerprint density at radius 3 is 2.85 bits per heavy atom. The molecule has 1 N–H and O–H groups in total. The molecule has 0 aliphatic carbocycles. The van der Waals surface area contributed by atoms with Gasteiger partial charge in [0.05, 0.1) is 0 Å². The van der Waals surface area contributed by atoms with E-state index >= 15 is 0 Å². The molecule has 1 saturated heterocycles. The van der Waals surface area contributed by atoms with E-state index in [4.69, 9.17) is 11.6 Å². The molecule has 1 aliphatic rings. The standard InChI is InChI=1S/C15H23BrClN3/c1-11(14-5-4-12(16)8-15(14)17)18-9-13-10-19(2)6-7-20(13)3/h4-5,8,11,13,18H,6-7,9-10H2,1-3H3. The normalized spacial score (nSPS) is 22.9. The molecule has 1 aromatic carbocycles. The topological polar surface area (TPSA) is 18.5 Å². The van der Waals surface area contributed by atoms with Crippen LogP contribution < -0.4 is 5.32 Å². The highest BCUT2D eigenvalue weighted by atomic mass is 79.9. The van der Waals surface area contributed by atoms with Crippen LogP contribution in [-0.4, -0.2) is 56.1 Å². The van der Waals surface area contributed by atoms with Crippen LogP contribution in [0.2, 0.25) is 5.02 Å². The fourth-order valence-corrected chi connectivity index (χ4v) is 3.43. The molecule has 1 aliphatic heterocycles.